The first kappa shape index (κ1) is 15.0. The Bertz CT molecular complexity index is 860. The van der Waals surface area contributed by atoms with Crippen molar-refractivity contribution in [2.24, 2.45) is 0 Å². The molecule has 1 heterocycles. The molecule has 0 spiro atoms. The molecule has 0 radical (unpaired) electrons. The van der Waals surface area contributed by atoms with E-state index < -0.39 is 0 Å². The number of para-hydroxylation sites is 1. The van der Waals surface area contributed by atoms with Crippen LogP contribution in [-0.2, 0) is 6.61 Å². The van der Waals surface area contributed by atoms with Crippen LogP contribution in [0.2, 0.25) is 0 Å². The highest BCUT2D eigenvalue weighted by Gasteiger charge is 2.01. The van der Waals surface area contributed by atoms with Gasteiger partial charge in [-0.2, -0.15) is 0 Å². The second-order valence-corrected chi connectivity index (χ2v) is 5.03. The molecule has 114 valence electrons. The van der Waals surface area contributed by atoms with Crippen LogP contribution in [0.5, 0.6) is 0 Å². The van der Waals surface area contributed by atoms with E-state index in [2.05, 4.69) is 27.1 Å². The van der Waals surface area contributed by atoms with Crippen LogP contribution < -0.4 is 5.32 Å². The van der Waals surface area contributed by atoms with Crippen LogP contribution in [0, 0.1) is 11.8 Å². The molecule has 0 amide bonds. The molecule has 23 heavy (non-hydrogen) atoms. The van der Waals surface area contributed by atoms with E-state index in [4.69, 9.17) is 0 Å². The quantitative estimate of drug-likeness (QED) is 0.575. The summed E-state index contributed by atoms with van der Waals surface area (Å²) >= 11 is 0. The van der Waals surface area contributed by atoms with Crippen LogP contribution in [0.1, 0.15) is 17.5 Å². The third kappa shape index (κ3) is 3.65. The van der Waals surface area contributed by atoms with Crippen LogP contribution >= 0.6 is 0 Å². The molecular formula is C19H17N3O. The number of nitrogens with zero attached hydrogens (tertiary/aromatic N) is 2. The molecule has 4 nitrogen and oxygen atoms in total. The lowest BCUT2D eigenvalue weighted by molar-refractivity contribution is 0.281. The summed E-state index contributed by atoms with van der Waals surface area (Å²) in [6.07, 6.45) is 2.26. The predicted molar refractivity (Wildman–Crippen MR) is 91.9 cm³/mol. The maximum absolute atomic E-state index is 9.28. The fourth-order valence-electron chi connectivity index (χ4n) is 2.33. The van der Waals surface area contributed by atoms with E-state index in [1.165, 1.54) is 0 Å². The molecule has 2 aromatic carbocycles. The lowest BCUT2D eigenvalue weighted by Crippen LogP contribution is -2.03. The number of hydrogen-bond acceptors (Lipinski definition) is 4. The van der Waals surface area contributed by atoms with Crippen molar-refractivity contribution >= 4 is 16.7 Å². The molecule has 3 rings (SSSR count). The van der Waals surface area contributed by atoms with Crippen LogP contribution in [0.15, 0.2) is 54.9 Å². The van der Waals surface area contributed by atoms with E-state index >= 15 is 0 Å². The van der Waals surface area contributed by atoms with Crippen LogP contribution in [0.25, 0.3) is 10.9 Å². The number of anilines is 1. The van der Waals surface area contributed by atoms with Crippen molar-refractivity contribution in [3.63, 3.8) is 0 Å². The Morgan fingerprint density at radius 1 is 1.00 bits per heavy atom. The second-order valence-electron chi connectivity index (χ2n) is 5.03. The van der Waals surface area contributed by atoms with Gasteiger partial charge in [-0.15, -0.1) is 0 Å². The van der Waals surface area contributed by atoms with Gasteiger partial charge in [0.1, 0.15) is 12.1 Å². The zero-order valence-corrected chi connectivity index (χ0v) is 12.7. The van der Waals surface area contributed by atoms with Gasteiger partial charge >= 0.3 is 0 Å². The number of aromatic nitrogens is 2. The Labute approximate surface area is 135 Å². The third-order valence-electron chi connectivity index (χ3n) is 3.50. The lowest BCUT2D eigenvalue weighted by Gasteiger charge is -2.06. The van der Waals surface area contributed by atoms with Gasteiger partial charge in [0, 0.05) is 23.9 Å². The summed E-state index contributed by atoms with van der Waals surface area (Å²) in [7, 11) is 0. The molecule has 0 aliphatic rings. The van der Waals surface area contributed by atoms with E-state index in [1.54, 1.807) is 6.33 Å². The molecule has 0 aliphatic carbocycles. The summed E-state index contributed by atoms with van der Waals surface area (Å²) in [4.78, 5) is 8.53. The normalized spacial score (nSPS) is 10.1. The average molecular weight is 303 g/mol. The highest BCUT2D eigenvalue weighted by Crippen LogP contribution is 2.17. The van der Waals surface area contributed by atoms with Gasteiger partial charge in [-0.1, -0.05) is 42.2 Å². The van der Waals surface area contributed by atoms with Gasteiger partial charge in [-0.05, 0) is 23.8 Å². The first-order valence-corrected chi connectivity index (χ1v) is 7.50. The number of fused-ring (bicyclic) bond motifs is 1. The van der Waals surface area contributed by atoms with E-state index in [-0.39, 0.29) is 6.61 Å². The standard InChI is InChI=1S/C19H17N3O/c23-13-16-9-2-1-7-15(16)8-5-6-12-20-19-17-10-3-4-11-18(17)21-14-22-19/h1-4,7,9-11,14,23H,6,12-13H2,(H,20,21,22). The summed E-state index contributed by atoms with van der Waals surface area (Å²) in [5.41, 5.74) is 2.66. The number of nitrogens with one attached hydrogen (secondary N) is 1. The molecule has 0 unspecified atom stereocenters. The van der Waals surface area contributed by atoms with Crippen molar-refractivity contribution in [2.45, 2.75) is 13.0 Å². The zero-order valence-electron chi connectivity index (χ0n) is 12.7. The largest absolute Gasteiger partial charge is 0.392 e. The van der Waals surface area contributed by atoms with Crippen molar-refractivity contribution in [1.29, 1.82) is 0 Å². The van der Waals surface area contributed by atoms with E-state index in [9.17, 15) is 5.11 Å². The zero-order chi connectivity index (χ0) is 15.9. The maximum atomic E-state index is 9.28. The van der Waals surface area contributed by atoms with Crippen molar-refractivity contribution in [3.8, 4) is 11.8 Å². The summed E-state index contributed by atoms with van der Waals surface area (Å²) in [5, 5.41) is 13.6. The number of aliphatic hydroxyl groups is 1. The minimum Gasteiger partial charge on any atom is -0.392 e. The van der Waals surface area contributed by atoms with Crippen molar-refractivity contribution < 1.29 is 5.11 Å². The van der Waals surface area contributed by atoms with E-state index in [1.807, 2.05) is 48.5 Å². The number of aliphatic hydroxyl groups excluding tert-OH is 1. The summed E-state index contributed by atoms with van der Waals surface area (Å²) in [6, 6.07) is 15.5. The Balaban J connectivity index is 1.63. The second kappa shape index (κ2) is 7.39. The minimum absolute atomic E-state index is 0.00995. The van der Waals surface area contributed by atoms with E-state index in [0.717, 1.165) is 27.8 Å². The number of rotatable bonds is 4. The molecule has 0 saturated heterocycles. The number of hydrogen-bond donors (Lipinski definition) is 2. The van der Waals surface area contributed by atoms with Gasteiger partial charge < -0.3 is 10.4 Å². The van der Waals surface area contributed by atoms with Crippen LogP contribution in [0.4, 0.5) is 5.82 Å². The molecule has 1 aromatic heterocycles. The average Bonchev–Trinajstić information content (AvgIpc) is 2.62. The molecule has 2 N–H and O–H groups in total. The summed E-state index contributed by atoms with van der Waals surface area (Å²) in [6.45, 7) is 0.714. The smallest absolute Gasteiger partial charge is 0.137 e. The van der Waals surface area contributed by atoms with Gasteiger partial charge in [0.15, 0.2) is 0 Å². The monoisotopic (exact) mass is 303 g/mol. The van der Waals surface area contributed by atoms with E-state index in [0.29, 0.717) is 13.0 Å². The highest BCUT2D eigenvalue weighted by atomic mass is 16.3. The lowest BCUT2D eigenvalue weighted by atomic mass is 10.1. The maximum Gasteiger partial charge on any atom is 0.137 e. The fourth-order valence-corrected chi connectivity index (χ4v) is 2.33. The van der Waals surface area contributed by atoms with Crippen molar-refractivity contribution in [2.75, 3.05) is 11.9 Å². The minimum atomic E-state index is 0.00995. The van der Waals surface area contributed by atoms with Crippen molar-refractivity contribution in [1.82, 2.24) is 9.97 Å². The van der Waals surface area contributed by atoms with Gasteiger partial charge in [0.2, 0.25) is 0 Å². The van der Waals surface area contributed by atoms with Crippen LogP contribution in [0.3, 0.4) is 0 Å². The molecule has 4 heteroatoms. The topological polar surface area (TPSA) is 58.0 Å². The summed E-state index contributed by atoms with van der Waals surface area (Å²) in [5.74, 6) is 7.06. The Morgan fingerprint density at radius 2 is 1.83 bits per heavy atom. The first-order valence-electron chi connectivity index (χ1n) is 7.50. The molecule has 0 saturated carbocycles. The molecule has 0 aliphatic heterocycles. The molecule has 0 fully saturated rings. The molecule has 0 bridgehead atoms. The Morgan fingerprint density at radius 3 is 2.74 bits per heavy atom. The van der Waals surface area contributed by atoms with Gasteiger partial charge in [0.05, 0.1) is 12.1 Å². The SMILES string of the molecule is OCc1ccccc1C#CCCNc1ncnc2ccccc12. The van der Waals surface area contributed by atoms with Crippen LogP contribution in [-0.4, -0.2) is 21.6 Å². The number of benzene rings is 2. The fraction of sp³-hybridized carbons (Fsp3) is 0.158. The van der Waals surface area contributed by atoms with Gasteiger partial charge in [-0.3, -0.25) is 0 Å². The summed E-state index contributed by atoms with van der Waals surface area (Å²) < 4.78 is 0. The molecular weight excluding hydrogens is 286 g/mol. The third-order valence-corrected chi connectivity index (χ3v) is 3.50. The van der Waals surface area contributed by atoms with Crippen molar-refractivity contribution in [3.05, 3.63) is 66.0 Å². The predicted octanol–water partition coefficient (Wildman–Crippen LogP) is 2.98. The Hall–Kier alpha value is -2.90. The van der Waals surface area contributed by atoms with Gasteiger partial charge in [-0.25, -0.2) is 9.97 Å². The highest BCUT2D eigenvalue weighted by molar-refractivity contribution is 5.88. The Kier molecular flexibility index (Phi) is 4.82. The first-order chi connectivity index (χ1) is 11.4. The molecule has 0 atom stereocenters. The molecule has 3 aromatic rings. The van der Waals surface area contributed by atoms with Gasteiger partial charge in [0.25, 0.3) is 0 Å².